The van der Waals surface area contributed by atoms with Crippen LogP contribution >= 0.6 is 0 Å². The summed E-state index contributed by atoms with van der Waals surface area (Å²) in [7, 11) is -4.01. The molecule has 1 fully saturated rings. The predicted octanol–water partition coefficient (Wildman–Crippen LogP) is 0.945. The van der Waals surface area contributed by atoms with Gasteiger partial charge in [0, 0.05) is 32.2 Å². The van der Waals surface area contributed by atoms with Crippen molar-refractivity contribution in [2.75, 3.05) is 26.2 Å². The lowest BCUT2D eigenvalue weighted by atomic mass is 9.95. The molecule has 1 aliphatic rings. The van der Waals surface area contributed by atoms with E-state index in [0.717, 1.165) is 12.5 Å². The molecule has 0 aromatic heterocycles. The molecule has 9 nitrogen and oxygen atoms in total. The Bertz CT molecular complexity index is 786. The molecular formula is C16H24N4O5S. The van der Waals surface area contributed by atoms with Gasteiger partial charge in [-0.25, -0.2) is 8.42 Å². The van der Waals surface area contributed by atoms with Crippen molar-refractivity contribution in [1.82, 2.24) is 9.21 Å². The molecule has 1 aliphatic heterocycles. The van der Waals surface area contributed by atoms with Crippen molar-refractivity contribution >= 4 is 21.6 Å². The van der Waals surface area contributed by atoms with Crippen molar-refractivity contribution in [3.63, 3.8) is 0 Å². The van der Waals surface area contributed by atoms with Crippen molar-refractivity contribution in [1.29, 1.82) is 0 Å². The molecule has 1 unspecified atom stereocenters. The van der Waals surface area contributed by atoms with Crippen LogP contribution in [-0.4, -0.2) is 60.2 Å². The van der Waals surface area contributed by atoms with Gasteiger partial charge in [0.1, 0.15) is 0 Å². The number of hydrogen-bond donors (Lipinski definition) is 1. The number of para-hydroxylation sites is 1. The van der Waals surface area contributed by atoms with Crippen LogP contribution in [0.2, 0.25) is 0 Å². The normalized spacial score (nSPS) is 18.3. The van der Waals surface area contributed by atoms with Gasteiger partial charge in [0.25, 0.3) is 5.69 Å². The zero-order valence-corrected chi connectivity index (χ0v) is 15.7. The van der Waals surface area contributed by atoms with Crippen LogP contribution in [0.1, 0.15) is 26.7 Å². The fraction of sp³-hybridized carbons (Fsp3) is 0.562. The van der Waals surface area contributed by atoms with Crippen molar-refractivity contribution in [3.8, 4) is 0 Å². The molecule has 2 N–H and O–H groups in total. The fourth-order valence-corrected chi connectivity index (χ4v) is 4.66. The van der Waals surface area contributed by atoms with Crippen LogP contribution in [-0.2, 0) is 14.8 Å². The minimum Gasteiger partial charge on any atom is -0.338 e. The first-order valence-corrected chi connectivity index (χ1v) is 9.87. The highest BCUT2D eigenvalue weighted by Crippen LogP contribution is 2.27. The Morgan fingerprint density at radius 3 is 2.38 bits per heavy atom. The second-order valence-corrected chi connectivity index (χ2v) is 8.49. The standard InChI is InChI=1S/C16H24N4O5S/c1-3-8-16(2,17)15(21)18-9-11-19(12-10-18)26(24,25)14-7-5-4-6-13(14)20(22)23/h4-7H,3,8-12,17H2,1-2H3. The largest absolute Gasteiger partial charge is 0.338 e. The molecule has 1 aromatic carbocycles. The number of carbonyl (C=O) groups is 1. The maximum Gasteiger partial charge on any atom is 0.289 e. The summed E-state index contributed by atoms with van der Waals surface area (Å²) in [4.78, 5) is 24.2. The average Bonchev–Trinajstić information content (AvgIpc) is 2.61. The van der Waals surface area contributed by atoms with Gasteiger partial charge in [-0.1, -0.05) is 25.5 Å². The molecule has 1 atom stereocenters. The summed E-state index contributed by atoms with van der Waals surface area (Å²) in [6, 6.07) is 5.26. The zero-order chi connectivity index (χ0) is 19.5. The van der Waals surface area contributed by atoms with E-state index in [9.17, 15) is 23.3 Å². The second kappa shape index (κ2) is 7.68. The summed E-state index contributed by atoms with van der Waals surface area (Å²) in [5.74, 6) is -0.206. The van der Waals surface area contributed by atoms with Gasteiger partial charge < -0.3 is 10.6 Å². The second-order valence-electron chi connectivity index (χ2n) is 6.59. The molecule has 0 bridgehead atoms. The fourth-order valence-electron chi connectivity index (χ4n) is 3.08. The van der Waals surface area contributed by atoms with Crippen LogP contribution < -0.4 is 5.73 Å². The highest BCUT2D eigenvalue weighted by Gasteiger charge is 2.37. The van der Waals surface area contributed by atoms with E-state index in [2.05, 4.69) is 0 Å². The number of benzene rings is 1. The first-order chi connectivity index (χ1) is 12.1. The van der Waals surface area contributed by atoms with Gasteiger partial charge in [-0.05, 0) is 19.4 Å². The molecular weight excluding hydrogens is 360 g/mol. The molecule has 0 saturated carbocycles. The minimum atomic E-state index is -4.01. The monoisotopic (exact) mass is 384 g/mol. The van der Waals surface area contributed by atoms with E-state index >= 15 is 0 Å². The summed E-state index contributed by atoms with van der Waals surface area (Å²) in [5.41, 5.74) is 4.63. The van der Waals surface area contributed by atoms with Crippen molar-refractivity contribution < 1.29 is 18.1 Å². The number of nitro groups is 1. The quantitative estimate of drug-likeness (QED) is 0.574. The number of nitrogens with zero attached hydrogens (tertiary/aromatic N) is 3. The van der Waals surface area contributed by atoms with Gasteiger partial charge in [0.15, 0.2) is 4.90 Å². The van der Waals surface area contributed by atoms with Gasteiger partial charge in [0.2, 0.25) is 15.9 Å². The van der Waals surface area contributed by atoms with Crippen LogP contribution in [0.15, 0.2) is 29.2 Å². The molecule has 26 heavy (non-hydrogen) atoms. The first kappa shape index (κ1) is 20.3. The number of rotatable bonds is 6. The molecule has 144 valence electrons. The molecule has 1 aromatic rings. The van der Waals surface area contributed by atoms with E-state index in [1.165, 1.54) is 22.5 Å². The number of sulfonamides is 1. The van der Waals surface area contributed by atoms with Gasteiger partial charge in [-0.2, -0.15) is 4.31 Å². The van der Waals surface area contributed by atoms with Gasteiger partial charge in [-0.3, -0.25) is 14.9 Å². The molecule has 1 saturated heterocycles. The minimum absolute atomic E-state index is 0.0718. The lowest BCUT2D eigenvalue weighted by molar-refractivity contribution is -0.387. The maximum absolute atomic E-state index is 12.8. The summed E-state index contributed by atoms with van der Waals surface area (Å²) in [6.07, 6.45) is 1.31. The van der Waals surface area contributed by atoms with E-state index in [0.29, 0.717) is 6.42 Å². The Morgan fingerprint density at radius 1 is 1.27 bits per heavy atom. The Labute approximate surface area is 153 Å². The number of nitro benzene ring substituents is 1. The van der Waals surface area contributed by atoms with Gasteiger partial charge in [0.05, 0.1) is 10.5 Å². The molecule has 1 heterocycles. The first-order valence-electron chi connectivity index (χ1n) is 8.43. The van der Waals surface area contributed by atoms with Crippen LogP contribution in [0.25, 0.3) is 0 Å². The van der Waals surface area contributed by atoms with Crippen molar-refractivity contribution in [3.05, 3.63) is 34.4 Å². The number of hydrogen-bond acceptors (Lipinski definition) is 6. The van der Waals surface area contributed by atoms with E-state index < -0.39 is 26.2 Å². The lowest BCUT2D eigenvalue weighted by Crippen LogP contribution is -2.58. The highest BCUT2D eigenvalue weighted by molar-refractivity contribution is 7.89. The summed E-state index contributed by atoms with van der Waals surface area (Å²) < 4.78 is 26.7. The molecule has 1 amide bonds. The van der Waals surface area contributed by atoms with E-state index in [1.54, 1.807) is 11.8 Å². The predicted molar refractivity (Wildman–Crippen MR) is 95.9 cm³/mol. The molecule has 2 rings (SSSR count). The average molecular weight is 384 g/mol. The summed E-state index contributed by atoms with van der Waals surface area (Å²) >= 11 is 0. The van der Waals surface area contributed by atoms with Gasteiger partial charge in [-0.15, -0.1) is 0 Å². The van der Waals surface area contributed by atoms with E-state index in [1.807, 2.05) is 6.92 Å². The van der Waals surface area contributed by atoms with Crippen molar-refractivity contribution in [2.24, 2.45) is 5.73 Å². The topological polar surface area (TPSA) is 127 Å². The summed E-state index contributed by atoms with van der Waals surface area (Å²) in [6.45, 7) is 4.17. The van der Waals surface area contributed by atoms with Gasteiger partial charge >= 0.3 is 0 Å². The molecule has 0 spiro atoms. The van der Waals surface area contributed by atoms with Crippen LogP contribution in [0.3, 0.4) is 0 Å². The Hall–Kier alpha value is -2.04. The van der Waals surface area contributed by atoms with Crippen LogP contribution in [0.4, 0.5) is 5.69 Å². The third kappa shape index (κ3) is 4.02. The summed E-state index contributed by atoms with van der Waals surface area (Å²) in [5, 5.41) is 11.1. The van der Waals surface area contributed by atoms with Crippen LogP contribution in [0.5, 0.6) is 0 Å². The smallest absolute Gasteiger partial charge is 0.289 e. The van der Waals surface area contributed by atoms with E-state index in [-0.39, 0.29) is 37.0 Å². The zero-order valence-electron chi connectivity index (χ0n) is 14.9. The number of nitrogens with two attached hydrogens (primary N) is 1. The number of carbonyl (C=O) groups excluding carboxylic acids is 1. The van der Waals surface area contributed by atoms with E-state index in [4.69, 9.17) is 5.73 Å². The Balaban J connectivity index is 2.15. The Morgan fingerprint density at radius 2 is 1.85 bits per heavy atom. The number of piperazine rings is 1. The van der Waals surface area contributed by atoms with Crippen molar-refractivity contribution in [2.45, 2.75) is 37.1 Å². The SMILES string of the molecule is CCCC(C)(N)C(=O)N1CCN(S(=O)(=O)c2ccccc2[N+](=O)[O-])CC1. The third-order valence-electron chi connectivity index (χ3n) is 4.46. The maximum atomic E-state index is 12.8. The molecule has 0 radical (unpaired) electrons. The lowest BCUT2D eigenvalue weighted by Gasteiger charge is -2.37. The Kier molecular flexibility index (Phi) is 5.99. The van der Waals surface area contributed by atoms with Crippen LogP contribution in [0, 0.1) is 10.1 Å². The number of amides is 1. The highest BCUT2D eigenvalue weighted by atomic mass is 32.2. The molecule has 0 aliphatic carbocycles. The third-order valence-corrected chi connectivity index (χ3v) is 6.41. The molecule has 10 heteroatoms.